The van der Waals surface area contributed by atoms with E-state index in [1.807, 2.05) is 30.3 Å². The van der Waals surface area contributed by atoms with Crippen LogP contribution in [0.4, 0.5) is 5.69 Å². The van der Waals surface area contributed by atoms with Crippen LogP contribution in [-0.2, 0) is 20.1 Å². The quantitative estimate of drug-likeness (QED) is 0.233. The SMILES string of the molecule is CC(C)c1cc[c-]c(N2C=CN(C(C)(C)C)[CH-]2)c1.[Ir+3].[c-]1ccccc1-c1noc2ccncc12. The zero-order valence-corrected chi connectivity index (χ0v) is 22.5. The number of fused-ring (bicyclic) bond motifs is 1. The van der Waals surface area contributed by atoms with Gasteiger partial charge in [-0.05, 0) is 39.1 Å². The van der Waals surface area contributed by atoms with Crippen LogP contribution in [0.5, 0.6) is 0 Å². The van der Waals surface area contributed by atoms with Gasteiger partial charge < -0.3 is 14.3 Å². The Hall–Kier alpha value is -2.95. The minimum atomic E-state index is 0. The van der Waals surface area contributed by atoms with Gasteiger partial charge in [0.1, 0.15) is 0 Å². The van der Waals surface area contributed by atoms with Crippen molar-refractivity contribution in [1.29, 1.82) is 0 Å². The average Bonchev–Trinajstić information content (AvgIpc) is 3.48. The summed E-state index contributed by atoms with van der Waals surface area (Å²) in [6, 6.07) is 22.2. The van der Waals surface area contributed by atoms with Gasteiger partial charge in [-0.1, -0.05) is 13.8 Å². The van der Waals surface area contributed by atoms with Gasteiger partial charge in [0.2, 0.25) is 0 Å². The van der Waals surface area contributed by atoms with E-state index in [2.05, 4.69) is 97.9 Å². The number of anilines is 1. The van der Waals surface area contributed by atoms with Gasteiger partial charge in [0.15, 0.2) is 5.58 Å². The minimum absolute atomic E-state index is 0. The van der Waals surface area contributed by atoms with Crippen molar-refractivity contribution >= 4 is 16.7 Å². The predicted molar refractivity (Wildman–Crippen MR) is 133 cm³/mol. The van der Waals surface area contributed by atoms with E-state index in [1.165, 1.54) is 5.56 Å². The van der Waals surface area contributed by atoms with Gasteiger partial charge in [0.05, 0.1) is 0 Å². The van der Waals surface area contributed by atoms with E-state index in [1.54, 1.807) is 18.5 Å². The van der Waals surface area contributed by atoms with Gasteiger partial charge >= 0.3 is 20.1 Å². The molecule has 0 unspecified atom stereocenters. The topological polar surface area (TPSA) is 45.4 Å². The van der Waals surface area contributed by atoms with Crippen LogP contribution in [0, 0.1) is 18.8 Å². The Bertz CT molecular complexity index is 1230. The largest absolute Gasteiger partial charge is 3.00 e. The van der Waals surface area contributed by atoms with E-state index in [-0.39, 0.29) is 25.6 Å². The Balaban J connectivity index is 0.000000187. The number of nitrogens with zero attached hydrogens (tertiary/aromatic N) is 4. The summed E-state index contributed by atoms with van der Waals surface area (Å²) in [5.74, 6) is 0.545. The molecular formula is C28H29IrN4O. The number of pyridine rings is 1. The summed E-state index contributed by atoms with van der Waals surface area (Å²) in [5.41, 5.74) is 5.02. The molecule has 0 aliphatic carbocycles. The van der Waals surface area contributed by atoms with Gasteiger partial charge in [-0.25, -0.2) is 0 Å². The third-order valence-corrected chi connectivity index (χ3v) is 5.40. The average molecular weight is 630 g/mol. The first-order chi connectivity index (χ1) is 15.8. The Labute approximate surface area is 215 Å². The van der Waals surface area contributed by atoms with Crippen LogP contribution in [0.25, 0.3) is 22.2 Å². The summed E-state index contributed by atoms with van der Waals surface area (Å²) >= 11 is 0. The molecule has 0 bridgehead atoms. The fourth-order valence-electron chi connectivity index (χ4n) is 3.39. The minimum Gasteiger partial charge on any atom is -0.504 e. The van der Waals surface area contributed by atoms with E-state index in [4.69, 9.17) is 4.52 Å². The molecule has 0 N–H and O–H groups in total. The van der Waals surface area contributed by atoms with Crippen LogP contribution in [0.1, 0.15) is 46.1 Å². The molecule has 1 aliphatic heterocycles. The van der Waals surface area contributed by atoms with Crippen LogP contribution in [0.3, 0.4) is 0 Å². The number of benzene rings is 2. The molecule has 0 saturated carbocycles. The molecule has 5 nitrogen and oxygen atoms in total. The molecule has 4 aromatic rings. The molecular weight excluding hydrogens is 601 g/mol. The van der Waals surface area contributed by atoms with E-state index >= 15 is 0 Å². The summed E-state index contributed by atoms with van der Waals surface area (Å²) in [5, 5.41) is 4.94. The van der Waals surface area contributed by atoms with Gasteiger partial charge in [0, 0.05) is 35.1 Å². The zero-order chi connectivity index (χ0) is 23.4. The van der Waals surface area contributed by atoms with Crippen molar-refractivity contribution < 1.29 is 24.6 Å². The van der Waals surface area contributed by atoms with E-state index in [0.717, 1.165) is 27.9 Å². The maximum absolute atomic E-state index is 5.19. The van der Waals surface area contributed by atoms with Crippen LogP contribution in [0.2, 0.25) is 0 Å². The molecule has 176 valence electrons. The zero-order valence-electron chi connectivity index (χ0n) is 20.1. The van der Waals surface area contributed by atoms with Crippen molar-refractivity contribution in [3.63, 3.8) is 0 Å². The molecule has 0 fully saturated rings. The Morgan fingerprint density at radius 1 is 1.03 bits per heavy atom. The summed E-state index contributed by atoms with van der Waals surface area (Å²) in [6.07, 6.45) is 7.63. The van der Waals surface area contributed by atoms with Crippen molar-refractivity contribution in [1.82, 2.24) is 15.0 Å². The van der Waals surface area contributed by atoms with Crippen molar-refractivity contribution in [3.05, 3.63) is 97.7 Å². The van der Waals surface area contributed by atoms with Crippen LogP contribution >= 0.6 is 0 Å². The van der Waals surface area contributed by atoms with Gasteiger partial charge in [0.25, 0.3) is 0 Å². The molecule has 5 rings (SSSR count). The molecule has 2 aromatic heterocycles. The summed E-state index contributed by atoms with van der Waals surface area (Å²) in [6.45, 7) is 13.1. The summed E-state index contributed by atoms with van der Waals surface area (Å²) in [7, 11) is 0. The summed E-state index contributed by atoms with van der Waals surface area (Å²) < 4.78 is 5.19. The molecule has 1 aliphatic rings. The number of rotatable bonds is 3. The predicted octanol–water partition coefficient (Wildman–Crippen LogP) is 6.81. The maximum Gasteiger partial charge on any atom is 3.00 e. The molecule has 2 aromatic carbocycles. The molecule has 0 atom stereocenters. The van der Waals surface area contributed by atoms with Crippen LogP contribution < -0.4 is 4.90 Å². The molecule has 6 heteroatoms. The fraction of sp³-hybridized carbons (Fsp3) is 0.250. The smallest absolute Gasteiger partial charge is 0.504 e. The van der Waals surface area contributed by atoms with Crippen molar-refractivity contribution in [3.8, 4) is 11.3 Å². The third-order valence-electron chi connectivity index (χ3n) is 5.40. The van der Waals surface area contributed by atoms with Crippen molar-refractivity contribution in [2.24, 2.45) is 0 Å². The second-order valence-electron chi connectivity index (χ2n) is 9.24. The van der Waals surface area contributed by atoms with Crippen LogP contribution in [0.15, 0.2) is 77.8 Å². The van der Waals surface area contributed by atoms with Gasteiger partial charge in [-0.2, -0.15) is 30.4 Å². The molecule has 0 spiro atoms. The van der Waals surface area contributed by atoms with Gasteiger partial charge in [-0.3, -0.25) is 4.98 Å². The molecule has 0 radical (unpaired) electrons. The third kappa shape index (κ3) is 5.94. The van der Waals surface area contributed by atoms with Crippen molar-refractivity contribution in [2.75, 3.05) is 4.90 Å². The van der Waals surface area contributed by atoms with Crippen LogP contribution in [-0.4, -0.2) is 20.6 Å². The monoisotopic (exact) mass is 630 g/mol. The normalized spacial score (nSPS) is 13.1. The standard InChI is InChI=1S/C16H22N2.C12H7N2O.Ir/c1-13(2)14-7-6-8-15(11-14)17-9-10-18(12-17)16(3,4)5;1-2-4-9(5-3-1)12-10-8-13-7-6-11(10)15-14-12;/h6-7,9-13H,1-5H3;1-4,6-8H;/q-2;-1;+3. The first kappa shape index (κ1) is 25.7. The molecule has 3 heterocycles. The first-order valence-electron chi connectivity index (χ1n) is 11.1. The van der Waals surface area contributed by atoms with E-state index in [9.17, 15) is 0 Å². The molecule has 0 amide bonds. The van der Waals surface area contributed by atoms with Crippen molar-refractivity contribution in [2.45, 2.75) is 46.1 Å². The summed E-state index contributed by atoms with van der Waals surface area (Å²) in [4.78, 5) is 8.39. The van der Waals surface area contributed by atoms with Gasteiger partial charge in [-0.15, -0.1) is 52.8 Å². The second-order valence-corrected chi connectivity index (χ2v) is 9.24. The Kier molecular flexibility index (Phi) is 8.29. The molecule has 34 heavy (non-hydrogen) atoms. The number of hydrogen-bond donors (Lipinski definition) is 0. The Morgan fingerprint density at radius 3 is 2.53 bits per heavy atom. The molecule has 0 saturated heterocycles. The first-order valence-corrected chi connectivity index (χ1v) is 11.1. The van der Waals surface area contributed by atoms with E-state index in [0.29, 0.717) is 5.92 Å². The number of hydrogen-bond acceptors (Lipinski definition) is 5. The second kappa shape index (κ2) is 11.0. The fourth-order valence-corrected chi connectivity index (χ4v) is 3.39. The van der Waals surface area contributed by atoms with E-state index < -0.39 is 0 Å². The maximum atomic E-state index is 5.19. The number of aromatic nitrogens is 2. The Morgan fingerprint density at radius 2 is 1.85 bits per heavy atom.